The van der Waals surface area contributed by atoms with Crippen LogP contribution < -0.4 is 0 Å². The number of rotatable bonds is 4. The molecule has 1 fully saturated rings. The van der Waals surface area contributed by atoms with Crippen molar-refractivity contribution in [1.29, 1.82) is 0 Å². The van der Waals surface area contributed by atoms with Crippen molar-refractivity contribution in [1.82, 2.24) is 4.90 Å². The van der Waals surface area contributed by atoms with Crippen molar-refractivity contribution in [3.05, 3.63) is 0 Å². The first-order chi connectivity index (χ1) is 6.20. The smallest absolute Gasteiger partial charge is 0.0519 e. The number of hydrogen-bond acceptors (Lipinski definition) is 4. The van der Waals surface area contributed by atoms with Gasteiger partial charge < -0.3 is 15.1 Å². The molecule has 0 aromatic carbocycles. The number of nitrogens with zero attached hydrogens (tertiary/aromatic N) is 1. The van der Waals surface area contributed by atoms with Gasteiger partial charge >= 0.3 is 0 Å². The van der Waals surface area contributed by atoms with E-state index in [-0.39, 0.29) is 18.6 Å². The van der Waals surface area contributed by atoms with Crippen LogP contribution in [0.2, 0.25) is 0 Å². The largest absolute Gasteiger partial charge is 0.396 e. The summed E-state index contributed by atoms with van der Waals surface area (Å²) >= 11 is 1.97. The summed E-state index contributed by atoms with van der Waals surface area (Å²) in [6.07, 6.45) is 0. The van der Waals surface area contributed by atoms with Crippen LogP contribution in [0, 0.1) is 5.41 Å². The number of aliphatic hydroxyl groups is 2. The van der Waals surface area contributed by atoms with Gasteiger partial charge in [0.15, 0.2) is 0 Å². The van der Waals surface area contributed by atoms with Crippen molar-refractivity contribution in [2.24, 2.45) is 5.41 Å². The Morgan fingerprint density at radius 3 is 2.23 bits per heavy atom. The first-order valence-corrected chi connectivity index (χ1v) is 5.87. The highest BCUT2D eigenvalue weighted by molar-refractivity contribution is 7.99. The van der Waals surface area contributed by atoms with Crippen LogP contribution in [0.3, 0.4) is 0 Å². The van der Waals surface area contributed by atoms with Crippen molar-refractivity contribution in [2.75, 3.05) is 44.4 Å². The highest BCUT2D eigenvalue weighted by atomic mass is 32.2. The zero-order valence-electron chi connectivity index (χ0n) is 8.20. The number of aliphatic hydroxyl groups excluding tert-OH is 2. The van der Waals surface area contributed by atoms with Crippen LogP contribution in [0.1, 0.15) is 6.92 Å². The van der Waals surface area contributed by atoms with Crippen LogP contribution in [0.15, 0.2) is 0 Å². The maximum atomic E-state index is 9.12. The van der Waals surface area contributed by atoms with Crippen LogP contribution in [0.5, 0.6) is 0 Å². The third-order valence-corrected chi connectivity index (χ3v) is 3.41. The van der Waals surface area contributed by atoms with Gasteiger partial charge in [0.25, 0.3) is 0 Å². The lowest BCUT2D eigenvalue weighted by Gasteiger charge is -2.34. The Balaban J connectivity index is 2.35. The standard InChI is InChI=1S/C9H19NO2S/c1-9(7-11,8-12)6-10-2-4-13-5-3-10/h11-12H,2-8H2,1H3. The molecule has 0 aromatic rings. The maximum absolute atomic E-state index is 9.12. The van der Waals surface area contributed by atoms with Crippen LogP contribution in [-0.4, -0.2) is 59.5 Å². The molecule has 0 radical (unpaired) electrons. The summed E-state index contributed by atoms with van der Waals surface area (Å²) in [7, 11) is 0. The Hall–Kier alpha value is 0.230. The first kappa shape index (κ1) is 11.3. The molecule has 0 aliphatic carbocycles. The predicted molar refractivity (Wildman–Crippen MR) is 56.0 cm³/mol. The lowest BCUT2D eigenvalue weighted by molar-refractivity contribution is 0.0378. The van der Waals surface area contributed by atoms with Gasteiger partial charge in [-0.25, -0.2) is 0 Å². The predicted octanol–water partition coefficient (Wildman–Crippen LogP) is 0.0261. The molecule has 3 nitrogen and oxygen atoms in total. The van der Waals surface area contributed by atoms with Crippen LogP contribution in [0.25, 0.3) is 0 Å². The Bertz CT molecular complexity index is 145. The molecule has 2 N–H and O–H groups in total. The monoisotopic (exact) mass is 205 g/mol. The molecule has 0 unspecified atom stereocenters. The van der Waals surface area contributed by atoms with E-state index in [2.05, 4.69) is 4.90 Å². The lowest BCUT2D eigenvalue weighted by Crippen LogP contribution is -2.44. The second kappa shape index (κ2) is 5.20. The van der Waals surface area contributed by atoms with E-state index in [9.17, 15) is 0 Å². The van der Waals surface area contributed by atoms with Crippen molar-refractivity contribution in [2.45, 2.75) is 6.92 Å². The fraction of sp³-hybridized carbons (Fsp3) is 1.00. The molecule has 0 atom stereocenters. The highest BCUT2D eigenvalue weighted by Crippen LogP contribution is 2.19. The van der Waals surface area contributed by atoms with Crippen molar-refractivity contribution >= 4 is 11.8 Å². The number of thioether (sulfide) groups is 1. The van der Waals surface area contributed by atoms with E-state index in [4.69, 9.17) is 10.2 Å². The third kappa shape index (κ3) is 3.46. The van der Waals surface area contributed by atoms with E-state index in [0.717, 1.165) is 19.6 Å². The van der Waals surface area contributed by atoms with E-state index in [1.807, 2.05) is 18.7 Å². The molecule has 0 amide bonds. The minimum absolute atomic E-state index is 0.0626. The average molecular weight is 205 g/mol. The summed E-state index contributed by atoms with van der Waals surface area (Å²) in [5.74, 6) is 2.35. The SMILES string of the molecule is CC(CO)(CO)CN1CCSCC1. The Morgan fingerprint density at radius 1 is 1.23 bits per heavy atom. The molecule has 13 heavy (non-hydrogen) atoms. The summed E-state index contributed by atoms with van der Waals surface area (Å²) < 4.78 is 0. The molecule has 0 bridgehead atoms. The van der Waals surface area contributed by atoms with Gasteiger partial charge in [-0.3, -0.25) is 0 Å². The molecule has 1 aliphatic heterocycles. The van der Waals surface area contributed by atoms with Gasteiger partial charge in [-0.05, 0) is 0 Å². The Kier molecular flexibility index (Phi) is 4.52. The second-order valence-corrected chi connectivity index (χ2v) is 5.24. The molecule has 1 heterocycles. The zero-order valence-corrected chi connectivity index (χ0v) is 9.02. The van der Waals surface area contributed by atoms with Crippen molar-refractivity contribution < 1.29 is 10.2 Å². The molecule has 1 aliphatic rings. The zero-order chi connectivity index (χ0) is 9.73. The lowest BCUT2D eigenvalue weighted by atomic mass is 9.92. The molecule has 0 spiro atoms. The van der Waals surface area contributed by atoms with Gasteiger partial charge in [0.2, 0.25) is 0 Å². The highest BCUT2D eigenvalue weighted by Gasteiger charge is 2.26. The molecule has 0 saturated carbocycles. The quantitative estimate of drug-likeness (QED) is 0.679. The van der Waals surface area contributed by atoms with E-state index in [0.29, 0.717) is 0 Å². The van der Waals surface area contributed by atoms with Crippen molar-refractivity contribution in [3.63, 3.8) is 0 Å². The van der Waals surface area contributed by atoms with Crippen LogP contribution >= 0.6 is 11.8 Å². The molecular formula is C9H19NO2S. The summed E-state index contributed by atoms with van der Waals surface area (Å²) in [6, 6.07) is 0. The Morgan fingerprint density at radius 2 is 1.77 bits per heavy atom. The van der Waals surface area contributed by atoms with E-state index in [1.165, 1.54) is 11.5 Å². The summed E-state index contributed by atoms with van der Waals surface area (Å²) in [6.45, 7) is 5.02. The molecule has 78 valence electrons. The van der Waals surface area contributed by atoms with E-state index < -0.39 is 0 Å². The van der Waals surface area contributed by atoms with Gasteiger partial charge in [-0.15, -0.1) is 0 Å². The first-order valence-electron chi connectivity index (χ1n) is 4.72. The fourth-order valence-electron chi connectivity index (χ4n) is 1.45. The topological polar surface area (TPSA) is 43.7 Å². The third-order valence-electron chi connectivity index (χ3n) is 2.47. The minimum Gasteiger partial charge on any atom is -0.396 e. The van der Waals surface area contributed by atoms with Gasteiger partial charge in [0.1, 0.15) is 0 Å². The fourth-order valence-corrected chi connectivity index (χ4v) is 2.43. The average Bonchev–Trinajstić information content (AvgIpc) is 2.19. The van der Waals surface area contributed by atoms with Crippen molar-refractivity contribution in [3.8, 4) is 0 Å². The molecule has 1 saturated heterocycles. The molecule has 4 heteroatoms. The summed E-state index contributed by atoms with van der Waals surface area (Å²) in [4.78, 5) is 2.32. The summed E-state index contributed by atoms with van der Waals surface area (Å²) in [5.41, 5.74) is -0.331. The second-order valence-electron chi connectivity index (χ2n) is 4.02. The van der Waals surface area contributed by atoms with Gasteiger partial charge in [0, 0.05) is 36.6 Å². The van der Waals surface area contributed by atoms with E-state index in [1.54, 1.807) is 0 Å². The van der Waals surface area contributed by atoms with Gasteiger partial charge in [0.05, 0.1) is 13.2 Å². The van der Waals surface area contributed by atoms with Gasteiger partial charge in [-0.2, -0.15) is 11.8 Å². The normalized spacial score (nSPS) is 20.5. The maximum Gasteiger partial charge on any atom is 0.0519 e. The number of hydrogen-bond donors (Lipinski definition) is 2. The molecular weight excluding hydrogens is 186 g/mol. The van der Waals surface area contributed by atoms with Crippen LogP contribution in [-0.2, 0) is 0 Å². The minimum atomic E-state index is -0.331. The molecule has 0 aromatic heterocycles. The van der Waals surface area contributed by atoms with Crippen LogP contribution in [0.4, 0.5) is 0 Å². The Labute approximate surface area is 84.1 Å². The van der Waals surface area contributed by atoms with Gasteiger partial charge in [-0.1, -0.05) is 6.92 Å². The molecule has 1 rings (SSSR count). The summed E-state index contributed by atoms with van der Waals surface area (Å²) in [5, 5.41) is 18.2. The van der Waals surface area contributed by atoms with E-state index >= 15 is 0 Å².